The minimum Gasteiger partial charge on any atom is -0.507 e. The molecule has 0 atom stereocenters. The van der Waals surface area contributed by atoms with Gasteiger partial charge in [-0.15, -0.1) is 0 Å². The molecule has 0 aliphatic carbocycles. The number of rotatable bonds is 8. The van der Waals surface area contributed by atoms with E-state index in [-0.39, 0.29) is 11.3 Å². The molecule has 8 heteroatoms. The molecule has 0 unspecified atom stereocenters. The van der Waals surface area contributed by atoms with Gasteiger partial charge in [0.25, 0.3) is 5.91 Å². The second-order valence-electron chi connectivity index (χ2n) is 11.8. The Hall–Kier alpha value is -3.72. The molecular formula is C33H40N6O2. The molecular weight excluding hydrogens is 512 g/mol. The fraction of sp³-hybridized carbons (Fsp3) is 0.394. The molecule has 2 aliphatic heterocycles. The number of fused-ring (bicyclic) bond motifs is 1. The lowest BCUT2D eigenvalue weighted by atomic mass is 9.90. The van der Waals surface area contributed by atoms with Crippen LogP contribution in [0.15, 0.2) is 67.0 Å². The lowest BCUT2D eigenvalue weighted by molar-refractivity contribution is 0.0997. The molecule has 4 aromatic rings. The highest BCUT2D eigenvalue weighted by atomic mass is 16.3. The minimum atomic E-state index is -0.633. The summed E-state index contributed by atoms with van der Waals surface area (Å²) in [5.74, 6) is -0.203. The zero-order valence-corrected chi connectivity index (χ0v) is 23.9. The Morgan fingerprint density at radius 2 is 1.56 bits per heavy atom. The van der Waals surface area contributed by atoms with Crippen molar-refractivity contribution in [2.75, 3.05) is 46.3 Å². The van der Waals surface area contributed by atoms with Crippen molar-refractivity contribution < 1.29 is 9.90 Å². The number of hydrogen-bond donors (Lipinski definition) is 2. The number of pyridine rings is 1. The van der Waals surface area contributed by atoms with Gasteiger partial charge in [0.1, 0.15) is 11.4 Å². The van der Waals surface area contributed by atoms with Gasteiger partial charge in [0.15, 0.2) is 0 Å². The van der Waals surface area contributed by atoms with Crippen molar-refractivity contribution in [2.24, 2.45) is 5.73 Å². The SMILES string of the molecule is CN1CCN(Cc2cccc(CN3CCC(c4cnc5c(ccn5Cc5ccc(C(N)=O)c(O)c5)c4)CC3)c2)CC1. The van der Waals surface area contributed by atoms with E-state index in [4.69, 9.17) is 10.7 Å². The fourth-order valence-corrected chi connectivity index (χ4v) is 6.30. The van der Waals surface area contributed by atoms with Crippen LogP contribution in [0.3, 0.4) is 0 Å². The topological polar surface area (TPSA) is 90.9 Å². The molecule has 0 radical (unpaired) electrons. The highest BCUT2D eigenvalue weighted by Gasteiger charge is 2.22. The Bertz CT molecular complexity index is 1520. The monoisotopic (exact) mass is 552 g/mol. The molecule has 4 heterocycles. The van der Waals surface area contributed by atoms with Crippen LogP contribution in [0.1, 0.15) is 51.4 Å². The first-order chi connectivity index (χ1) is 19.9. The second-order valence-corrected chi connectivity index (χ2v) is 11.8. The molecule has 2 fully saturated rings. The van der Waals surface area contributed by atoms with Crippen LogP contribution in [0, 0.1) is 0 Å². The maximum absolute atomic E-state index is 11.4. The van der Waals surface area contributed by atoms with Crippen LogP contribution in [-0.2, 0) is 19.6 Å². The van der Waals surface area contributed by atoms with Crippen LogP contribution in [-0.4, -0.2) is 81.6 Å². The summed E-state index contributed by atoms with van der Waals surface area (Å²) >= 11 is 0. The molecule has 1 amide bonds. The summed E-state index contributed by atoms with van der Waals surface area (Å²) in [6, 6.07) is 18.5. The van der Waals surface area contributed by atoms with Gasteiger partial charge in [-0.1, -0.05) is 30.3 Å². The number of likely N-dealkylation sites (tertiary alicyclic amines) is 1. The fourth-order valence-electron chi connectivity index (χ4n) is 6.30. The van der Waals surface area contributed by atoms with Gasteiger partial charge in [-0.3, -0.25) is 14.6 Å². The zero-order valence-electron chi connectivity index (χ0n) is 23.9. The molecule has 2 aliphatic rings. The number of aromatic nitrogens is 2. The third-order valence-electron chi connectivity index (χ3n) is 8.76. The van der Waals surface area contributed by atoms with Crippen molar-refractivity contribution >= 4 is 16.9 Å². The number of benzene rings is 2. The number of piperazine rings is 1. The Morgan fingerprint density at radius 3 is 2.24 bits per heavy atom. The van der Waals surface area contributed by atoms with E-state index in [9.17, 15) is 9.90 Å². The number of nitrogens with zero attached hydrogens (tertiary/aromatic N) is 5. The predicted molar refractivity (Wildman–Crippen MR) is 162 cm³/mol. The quantitative estimate of drug-likeness (QED) is 0.343. The number of carbonyl (C=O) groups excluding carboxylic acids is 1. The van der Waals surface area contributed by atoms with Crippen molar-refractivity contribution in [3.63, 3.8) is 0 Å². The maximum atomic E-state index is 11.4. The Morgan fingerprint density at radius 1 is 0.878 bits per heavy atom. The minimum absolute atomic E-state index is 0.0913. The van der Waals surface area contributed by atoms with Gasteiger partial charge in [0.05, 0.1) is 5.56 Å². The van der Waals surface area contributed by atoms with Gasteiger partial charge < -0.3 is 20.3 Å². The van der Waals surface area contributed by atoms with Crippen LogP contribution in [0.5, 0.6) is 5.75 Å². The van der Waals surface area contributed by atoms with E-state index >= 15 is 0 Å². The van der Waals surface area contributed by atoms with Crippen molar-refractivity contribution in [1.29, 1.82) is 0 Å². The standard InChI is InChI=1S/C33H40N6O2/c1-36-13-15-38(16-14-36)22-25-4-2-3-24(17-25)21-37-10-7-27(8-11-37)29-19-28-9-12-39(33(28)35-20-29)23-26-5-6-30(32(34)41)31(40)18-26/h2-6,9,12,17-20,27,40H,7-8,10-11,13-16,21-23H2,1H3,(H2,34,41). The van der Waals surface area contributed by atoms with Crippen LogP contribution in [0.25, 0.3) is 11.0 Å². The lowest BCUT2D eigenvalue weighted by Gasteiger charge is -2.33. The Kier molecular flexibility index (Phi) is 8.05. The van der Waals surface area contributed by atoms with Crippen LogP contribution in [0.2, 0.25) is 0 Å². The number of likely N-dealkylation sites (N-methyl/N-ethyl adjacent to an activating group) is 1. The van der Waals surface area contributed by atoms with Crippen molar-refractivity contribution in [3.8, 4) is 5.75 Å². The number of piperidine rings is 1. The van der Waals surface area contributed by atoms with E-state index in [0.717, 1.165) is 81.8 Å². The summed E-state index contributed by atoms with van der Waals surface area (Å²) in [7, 11) is 2.21. The van der Waals surface area contributed by atoms with Crippen molar-refractivity contribution in [1.82, 2.24) is 24.3 Å². The van der Waals surface area contributed by atoms with Gasteiger partial charge in [0.2, 0.25) is 0 Å². The molecule has 2 aromatic heterocycles. The summed E-state index contributed by atoms with van der Waals surface area (Å²) in [4.78, 5) is 23.8. The summed E-state index contributed by atoms with van der Waals surface area (Å²) in [5.41, 5.74) is 11.4. The van der Waals surface area contributed by atoms with Crippen LogP contribution < -0.4 is 5.73 Å². The molecule has 41 heavy (non-hydrogen) atoms. The second kappa shape index (κ2) is 12.0. The average molecular weight is 553 g/mol. The third kappa shape index (κ3) is 6.45. The third-order valence-corrected chi connectivity index (χ3v) is 8.76. The number of aromatic hydroxyl groups is 1. The van der Waals surface area contributed by atoms with E-state index in [1.165, 1.54) is 16.7 Å². The highest BCUT2D eigenvalue weighted by molar-refractivity contribution is 5.95. The zero-order chi connectivity index (χ0) is 28.3. The summed E-state index contributed by atoms with van der Waals surface area (Å²) in [6.45, 7) is 9.41. The first kappa shape index (κ1) is 27.4. The van der Waals surface area contributed by atoms with Crippen molar-refractivity contribution in [3.05, 3.63) is 94.8 Å². The van der Waals surface area contributed by atoms with Crippen LogP contribution in [0.4, 0.5) is 0 Å². The van der Waals surface area contributed by atoms with Gasteiger partial charge in [-0.05, 0) is 85.4 Å². The van der Waals surface area contributed by atoms with E-state index in [2.05, 4.69) is 62.7 Å². The maximum Gasteiger partial charge on any atom is 0.252 e. The molecule has 8 nitrogen and oxygen atoms in total. The summed E-state index contributed by atoms with van der Waals surface area (Å²) in [5, 5.41) is 11.3. The van der Waals surface area contributed by atoms with Gasteiger partial charge in [0, 0.05) is 63.6 Å². The smallest absolute Gasteiger partial charge is 0.252 e. The lowest BCUT2D eigenvalue weighted by Crippen LogP contribution is -2.43. The van der Waals surface area contributed by atoms with E-state index in [1.54, 1.807) is 12.1 Å². The van der Waals surface area contributed by atoms with E-state index < -0.39 is 5.91 Å². The van der Waals surface area contributed by atoms with E-state index in [0.29, 0.717) is 12.5 Å². The Balaban J connectivity index is 1.04. The van der Waals surface area contributed by atoms with Crippen molar-refractivity contribution in [2.45, 2.75) is 38.4 Å². The molecule has 0 saturated carbocycles. The van der Waals surface area contributed by atoms with Gasteiger partial charge >= 0.3 is 0 Å². The van der Waals surface area contributed by atoms with Crippen LogP contribution >= 0.6 is 0 Å². The first-order valence-corrected chi connectivity index (χ1v) is 14.7. The summed E-state index contributed by atoms with van der Waals surface area (Å²) < 4.78 is 2.07. The normalized spacial score (nSPS) is 17.8. The molecule has 214 valence electrons. The van der Waals surface area contributed by atoms with E-state index in [1.807, 2.05) is 18.5 Å². The average Bonchev–Trinajstić information content (AvgIpc) is 3.36. The predicted octanol–water partition coefficient (Wildman–Crippen LogP) is 4.02. The molecule has 2 saturated heterocycles. The number of nitrogens with two attached hydrogens (primary N) is 1. The number of hydrogen-bond acceptors (Lipinski definition) is 6. The number of amides is 1. The molecule has 2 aromatic carbocycles. The molecule has 0 bridgehead atoms. The number of carbonyl (C=O) groups is 1. The molecule has 0 spiro atoms. The molecule has 6 rings (SSSR count). The van der Waals surface area contributed by atoms with Gasteiger partial charge in [-0.2, -0.15) is 0 Å². The summed E-state index contributed by atoms with van der Waals surface area (Å²) in [6.07, 6.45) is 6.34. The molecule has 3 N–H and O–H groups in total. The highest BCUT2D eigenvalue weighted by Crippen LogP contribution is 2.31. The largest absolute Gasteiger partial charge is 0.507 e. The van der Waals surface area contributed by atoms with Gasteiger partial charge in [-0.25, -0.2) is 4.98 Å². The Labute approximate surface area is 242 Å². The number of phenols is 1. The first-order valence-electron chi connectivity index (χ1n) is 14.7. The number of primary amides is 1.